The van der Waals surface area contributed by atoms with Gasteiger partial charge in [-0.05, 0) is 67.7 Å². The number of nitriles is 1. The number of anilines is 1. The van der Waals surface area contributed by atoms with E-state index in [2.05, 4.69) is 26.9 Å². The summed E-state index contributed by atoms with van der Waals surface area (Å²) in [5.74, 6) is -0.161. The summed E-state index contributed by atoms with van der Waals surface area (Å²) >= 11 is 2.84. The van der Waals surface area contributed by atoms with Gasteiger partial charge >= 0.3 is 0 Å². The Morgan fingerprint density at radius 2 is 2.03 bits per heavy atom. The van der Waals surface area contributed by atoms with Crippen molar-refractivity contribution in [2.75, 3.05) is 5.32 Å². The Bertz CT molecular complexity index is 1100. The number of aryl methyl sites for hydroxylation is 2. The number of carbonyl (C=O) groups is 1. The van der Waals surface area contributed by atoms with Crippen LogP contribution in [0.2, 0.25) is 0 Å². The Balaban J connectivity index is 1.49. The fourth-order valence-electron chi connectivity index (χ4n) is 3.47. The first-order chi connectivity index (χ1) is 14.6. The van der Waals surface area contributed by atoms with E-state index >= 15 is 0 Å². The molecule has 0 fully saturated rings. The lowest BCUT2D eigenvalue weighted by molar-refractivity contribution is -0.115. The first-order valence-electron chi connectivity index (χ1n) is 9.94. The van der Waals surface area contributed by atoms with Gasteiger partial charge in [0, 0.05) is 4.88 Å². The Labute approximate surface area is 183 Å². The summed E-state index contributed by atoms with van der Waals surface area (Å²) in [4.78, 5) is 14.1. The molecule has 0 spiro atoms. The average molecular weight is 439 g/mol. The van der Waals surface area contributed by atoms with Crippen molar-refractivity contribution in [2.24, 2.45) is 0 Å². The first kappa shape index (κ1) is 20.6. The highest BCUT2D eigenvalue weighted by molar-refractivity contribution is 8.00. The number of benzene rings is 1. The van der Waals surface area contributed by atoms with Gasteiger partial charge in [0.15, 0.2) is 0 Å². The van der Waals surface area contributed by atoms with E-state index in [4.69, 9.17) is 0 Å². The van der Waals surface area contributed by atoms with Crippen molar-refractivity contribution in [3.63, 3.8) is 0 Å². The number of hydrogen-bond donors (Lipinski definition) is 1. The quantitative estimate of drug-likeness (QED) is 0.471. The summed E-state index contributed by atoms with van der Waals surface area (Å²) in [6.45, 7) is 3.84. The smallest absolute Gasteiger partial charge is 0.238 e. The summed E-state index contributed by atoms with van der Waals surface area (Å²) < 4.78 is 1.63. The maximum absolute atomic E-state index is 12.9. The van der Waals surface area contributed by atoms with Crippen molar-refractivity contribution in [1.29, 1.82) is 5.26 Å². The third-order valence-corrected chi connectivity index (χ3v) is 7.38. The van der Waals surface area contributed by atoms with E-state index < -0.39 is 5.25 Å². The molecule has 1 aliphatic carbocycles. The third kappa shape index (κ3) is 4.25. The Hall–Kier alpha value is -2.70. The van der Waals surface area contributed by atoms with E-state index in [-0.39, 0.29) is 5.91 Å². The first-order valence-corrected chi connectivity index (χ1v) is 11.6. The third-order valence-electron chi connectivity index (χ3n) is 5.14. The van der Waals surface area contributed by atoms with Crippen molar-refractivity contribution >= 4 is 34.0 Å². The Morgan fingerprint density at radius 3 is 2.80 bits per heavy atom. The highest BCUT2D eigenvalue weighted by atomic mass is 32.2. The van der Waals surface area contributed by atoms with Gasteiger partial charge in [0.25, 0.3) is 0 Å². The van der Waals surface area contributed by atoms with E-state index in [1.807, 2.05) is 38.1 Å². The van der Waals surface area contributed by atoms with Crippen LogP contribution in [0.4, 0.5) is 5.00 Å². The van der Waals surface area contributed by atoms with Crippen LogP contribution in [0.15, 0.2) is 29.4 Å². The fraction of sp³-hybridized carbons (Fsp3) is 0.381. The second kappa shape index (κ2) is 8.98. The lowest BCUT2D eigenvalue weighted by Gasteiger charge is -2.11. The monoisotopic (exact) mass is 438 g/mol. The minimum Gasteiger partial charge on any atom is -0.316 e. The molecule has 1 N–H and O–H groups in total. The molecule has 2 aromatic heterocycles. The molecule has 0 saturated heterocycles. The molecule has 0 unspecified atom stereocenters. The number of fused-ring (bicyclic) bond motifs is 1. The highest BCUT2D eigenvalue weighted by Crippen LogP contribution is 2.37. The van der Waals surface area contributed by atoms with Crippen LogP contribution in [0.1, 0.15) is 47.8 Å². The molecule has 1 amide bonds. The molecule has 9 heteroatoms. The lowest BCUT2D eigenvalue weighted by atomic mass is 10.1. The van der Waals surface area contributed by atoms with E-state index in [0.29, 0.717) is 15.7 Å². The van der Waals surface area contributed by atoms with Crippen LogP contribution >= 0.6 is 23.1 Å². The molecule has 7 nitrogen and oxygen atoms in total. The second-order valence-corrected chi connectivity index (χ2v) is 9.75. The summed E-state index contributed by atoms with van der Waals surface area (Å²) in [7, 11) is 0. The zero-order chi connectivity index (χ0) is 21.1. The number of amides is 1. The van der Waals surface area contributed by atoms with Gasteiger partial charge in [-0.15, -0.1) is 16.4 Å². The van der Waals surface area contributed by atoms with E-state index in [1.54, 1.807) is 16.0 Å². The molecule has 30 heavy (non-hydrogen) atoms. The molecule has 1 aliphatic rings. The van der Waals surface area contributed by atoms with Crippen molar-refractivity contribution in [3.8, 4) is 11.8 Å². The molecule has 3 aromatic rings. The van der Waals surface area contributed by atoms with Gasteiger partial charge in [-0.25, -0.2) is 0 Å². The number of thioether (sulfide) groups is 1. The number of thiophene rings is 1. The van der Waals surface area contributed by atoms with Crippen LogP contribution in [-0.4, -0.2) is 31.4 Å². The highest BCUT2D eigenvalue weighted by Gasteiger charge is 2.24. The lowest BCUT2D eigenvalue weighted by Crippen LogP contribution is -2.23. The van der Waals surface area contributed by atoms with Crippen LogP contribution in [0.25, 0.3) is 5.69 Å². The molecule has 0 saturated carbocycles. The summed E-state index contributed by atoms with van der Waals surface area (Å²) in [6.07, 6.45) is 5.33. The summed E-state index contributed by atoms with van der Waals surface area (Å²) in [5, 5.41) is 25.3. The summed E-state index contributed by atoms with van der Waals surface area (Å²) in [5.41, 5.74) is 3.75. The van der Waals surface area contributed by atoms with E-state index in [0.717, 1.165) is 42.5 Å². The van der Waals surface area contributed by atoms with Gasteiger partial charge in [-0.3, -0.25) is 4.79 Å². The van der Waals surface area contributed by atoms with Crippen LogP contribution in [0, 0.1) is 18.3 Å². The zero-order valence-electron chi connectivity index (χ0n) is 16.9. The molecule has 0 bridgehead atoms. The zero-order valence-corrected chi connectivity index (χ0v) is 18.5. The number of tetrazole rings is 1. The standard InChI is InChI=1S/C21H22N6OS2/c1-13-8-10-15(11-9-13)27-21(24-25-26-27)29-14(2)19(28)23-20-17(12-22)16-6-4-3-5-7-18(16)30-20/h8-11,14H,3-7H2,1-2H3,(H,23,28)/t14-/m0/s1. The van der Waals surface area contributed by atoms with Gasteiger partial charge in [-0.1, -0.05) is 35.9 Å². The molecule has 4 rings (SSSR count). The fourth-order valence-corrected chi connectivity index (χ4v) is 5.52. The van der Waals surface area contributed by atoms with Crippen molar-refractivity contribution in [1.82, 2.24) is 20.2 Å². The predicted octanol–water partition coefficient (Wildman–Crippen LogP) is 4.29. The van der Waals surface area contributed by atoms with Crippen molar-refractivity contribution in [3.05, 3.63) is 45.8 Å². The predicted molar refractivity (Wildman–Crippen MR) is 118 cm³/mol. The number of nitrogens with zero attached hydrogens (tertiary/aromatic N) is 5. The van der Waals surface area contributed by atoms with Gasteiger partial charge in [-0.2, -0.15) is 9.94 Å². The van der Waals surface area contributed by atoms with Crippen LogP contribution in [-0.2, 0) is 17.6 Å². The number of nitrogens with one attached hydrogen (secondary N) is 1. The van der Waals surface area contributed by atoms with E-state index in [9.17, 15) is 10.1 Å². The molecule has 2 heterocycles. The molecule has 1 aromatic carbocycles. The minimum absolute atomic E-state index is 0.161. The van der Waals surface area contributed by atoms with Crippen LogP contribution < -0.4 is 5.32 Å². The molecule has 0 aliphatic heterocycles. The van der Waals surface area contributed by atoms with Gasteiger partial charge in [0.2, 0.25) is 11.1 Å². The number of carbonyl (C=O) groups excluding carboxylic acids is 1. The van der Waals surface area contributed by atoms with Crippen molar-refractivity contribution < 1.29 is 4.79 Å². The van der Waals surface area contributed by atoms with Gasteiger partial charge in [0.05, 0.1) is 16.5 Å². The van der Waals surface area contributed by atoms with Crippen LogP contribution in [0.5, 0.6) is 0 Å². The maximum atomic E-state index is 12.9. The largest absolute Gasteiger partial charge is 0.316 e. The SMILES string of the molecule is Cc1ccc(-n2nnnc2S[C@@H](C)C(=O)Nc2sc3c(c2C#N)CCCCC3)cc1. The summed E-state index contributed by atoms with van der Waals surface area (Å²) in [6, 6.07) is 10.2. The topological polar surface area (TPSA) is 96.5 Å². The maximum Gasteiger partial charge on any atom is 0.238 e. The normalized spacial score (nSPS) is 14.4. The molecule has 0 radical (unpaired) electrons. The van der Waals surface area contributed by atoms with Crippen molar-refractivity contribution in [2.45, 2.75) is 56.4 Å². The molecular weight excluding hydrogens is 416 g/mol. The molecular formula is C21H22N6OS2. The Morgan fingerprint density at radius 1 is 1.27 bits per heavy atom. The number of rotatable bonds is 5. The number of aromatic nitrogens is 4. The molecule has 1 atom stereocenters. The molecule has 154 valence electrons. The average Bonchev–Trinajstić information content (AvgIpc) is 3.25. The van der Waals surface area contributed by atoms with Gasteiger partial charge in [0.1, 0.15) is 11.1 Å². The van der Waals surface area contributed by atoms with Gasteiger partial charge < -0.3 is 5.32 Å². The van der Waals surface area contributed by atoms with E-state index in [1.165, 1.54) is 23.1 Å². The number of hydrogen-bond acceptors (Lipinski definition) is 7. The van der Waals surface area contributed by atoms with Crippen LogP contribution in [0.3, 0.4) is 0 Å². The second-order valence-electron chi connectivity index (χ2n) is 7.34. The Kier molecular flexibility index (Phi) is 6.16. The minimum atomic E-state index is -0.423.